The molecule has 5 aliphatic rings. The van der Waals surface area contributed by atoms with Crippen LogP contribution in [-0.4, -0.2) is 107 Å². The fraction of sp³-hybridized carbons (Fsp3) is 0.893. The summed E-state index contributed by atoms with van der Waals surface area (Å²) in [5.41, 5.74) is -1.37. The smallest absolute Gasteiger partial charge is 0.407 e. The van der Waals surface area contributed by atoms with Crippen LogP contribution in [-0.2, 0) is 52.4 Å². The van der Waals surface area contributed by atoms with Crippen LogP contribution in [0, 0.1) is 35.0 Å². The number of hydrogen-bond donors (Lipinski definition) is 1. The SMILES string of the molecule is CCCCCCCCCOC(=O)CCCCCC(=O)OCC(COC(=O)CCCCCC(=O)OCCCCCCCCC)(COC(=O)CC1C2CC3CC(C2)CC1C3)COC(=O)NCCN1CCCC1. The summed E-state index contributed by atoms with van der Waals surface area (Å²) >= 11 is 0. The molecule has 1 N–H and O–H groups in total. The lowest BCUT2D eigenvalue weighted by Gasteiger charge is -2.54. The number of unbranched alkanes of at least 4 members (excludes halogenated alkanes) is 16. The maximum Gasteiger partial charge on any atom is 0.407 e. The van der Waals surface area contributed by atoms with Gasteiger partial charge in [-0.1, -0.05) is 104 Å². The van der Waals surface area contributed by atoms with Gasteiger partial charge in [0.2, 0.25) is 0 Å². The van der Waals surface area contributed by atoms with Gasteiger partial charge >= 0.3 is 35.9 Å². The Hall–Kier alpha value is -3.42. The zero-order valence-corrected chi connectivity index (χ0v) is 43.9. The molecule has 0 aromatic carbocycles. The van der Waals surface area contributed by atoms with Gasteiger partial charge in [0.25, 0.3) is 0 Å². The number of alkyl carbamates (subject to hydrolysis) is 1. The maximum atomic E-state index is 13.7. The quantitative estimate of drug-likeness (QED) is 0.0349. The fourth-order valence-corrected chi connectivity index (χ4v) is 11.4. The van der Waals surface area contributed by atoms with Crippen molar-refractivity contribution in [3.8, 4) is 0 Å². The van der Waals surface area contributed by atoms with E-state index in [0.29, 0.717) is 83.1 Å². The summed E-state index contributed by atoms with van der Waals surface area (Å²) in [7, 11) is 0. The molecule has 4 bridgehead atoms. The number of likely N-dealkylation sites (tertiary alicyclic amines) is 1. The van der Waals surface area contributed by atoms with Crippen molar-refractivity contribution in [3.05, 3.63) is 0 Å². The lowest BCUT2D eigenvalue weighted by Crippen LogP contribution is -2.47. The molecule has 4 aliphatic carbocycles. The second kappa shape index (κ2) is 35.7. The Balaban J connectivity index is 1.27. The van der Waals surface area contributed by atoms with Gasteiger partial charge < -0.3 is 38.6 Å². The van der Waals surface area contributed by atoms with E-state index in [1.807, 2.05) is 0 Å². The largest absolute Gasteiger partial charge is 0.466 e. The third kappa shape index (κ3) is 25.3. The number of carbonyl (C=O) groups excluding carboxylic acids is 6. The van der Waals surface area contributed by atoms with Crippen molar-refractivity contribution < 1.29 is 57.2 Å². The number of ether oxygens (including phenoxy) is 6. The topological polar surface area (TPSA) is 173 Å². The van der Waals surface area contributed by atoms with E-state index in [1.54, 1.807) is 0 Å². The summed E-state index contributed by atoms with van der Waals surface area (Å²) in [6, 6.07) is 0. The van der Waals surface area contributed by atoms with E-state index >= 15 is 0 Å². The van der Waals surface area contributed by atoms with Gasteiger partial charge in [0.05, 0.1) is 13.2 Å². The first-order chi connectivity index (χ1) is 34.1. The molecule has 5 rings (SSSR count). The predicted molar refractivity (Wildman–Crippen MR) is 270 cm³/mol. The van der Waals surface area contributed by atoms with Crippen LogP contribution < -0.4 is 5.32 Å². The van der Waals surface area contributed by atoms with Gasteiger partial charge in [-0.2, -0.15) is 0 Å². The van der Waals surface area contributed by atoms with Crippen molar-refractivity contribution in [2.45, 2.75) is 219 Å². The number of hydrogen-bond acceptors (Lipinski definition) is 13. The number of carbonyl (C=O) groups is 6. The Morgan fingerprint density at radius 2 is 0.843 bits per heavy atom. The molecule has 1 aliphatic heterocycles. The molecule has 0 radical (unpaired) electrons. The summed E-state index contributed by atoms with van der Waals surface area (Å²) in [6.45, 7) is 7.14. The molecule has 1 heterocycles. The average molecular weight is 989 g/mol. The normalized spacial score (nSPS) is 20.5. The number of nitrogens with one attached hydrogen (secondary N) is 1. The average Bonchev–Trinajstić information content (AvgIpc) is 3.87. The first-order valence-corrected chi connectivity index (χ1v) is 28.5. The van der Waals surface area contributed by atoms with Crippen LogP contribution in [0.5, 0.6) is 0 Å². The van der Waals surface area contributed by atoms with Crippen LogP contribution in [0.15, 0.2) is 0 Å². The Bertz CT molecular complexity index is 1410. The Morgan fingerprint density at radius 3 is 1.30 bits per heavy atom. The number of nitrogens with zero attached hydrogens (tertiary/aromatic N) is 1. The highest BCUT2D eigenvalue weighted by molar-refractivity contribution is 5.71. The molecule has 5 fully saturated rings. The molecular formula is C56H96N2O12. The highest BCUT2D eigenvalue weighted by Crippen LogP contribution is 2.57. The molecule has 0 aromatic rings. The first-order valence-electron chi connectivity index (χ1n) is 28.5. The zero-order chi connectivity index (χ0) is 50.1. The highest BCUT2D eigenvalue weighted by Gasteiger charge is 2.49. The lowest BCUT2D eigenvalue weighted by molar-refractivity contribution is -0.167. The first kappa shape index (κ1) is 59.1. The van der Waals surface area contributed by atoms with E-state index in [4.69, 9.17) is 28.4 Å². The lowest BCUT2D eigenvalue weighted by atomic mass is 9.51. The van der Waals surface area contributed by atoms with E-state index in [2.05, 4.69) is 24.1 Å². The van der Waals surface area contributed by atoms with Crippen LogP contribution in [0.4, 0.5) is 4.79 Å². The second-order valence-electron chi connectivity index (χ2n) is 21.6. The van der Waals surface area contributed by atoms with Crippen molar-refractivity contribution in [2.24, 2.45) is 35.0 Å². The summed E-state index contributed by atoms with van der Waals surface area (Å²) < 4.78 is 34.3. The molecule has 0 aromatic heterocycles. The summed E-state index contributed by atoms with van der Waals surface area (Å²) in [6.07, 6.45) is 28.3. The van der Waals surface area contributed by atoms with Crippen LogP contribution >= 0.6 is 0 Å². The van der Waals surface area contributed by atoms with Gasteiger partial charge in [0, 0.05) is 45.2 Å². The zero-order valence-electron chi connectivity index (χ0n) is 43.9. The molecule has 402 valence electrons. The monoisotopic (exact) mass is 989 g/mol. The van der Waals surface area contributed by atoms with Crippen molar-refractivity contribution in [2.75, 3.05) is 65.8 Å². The van der Waals surface area contributed by atoms with Gasteiger partial charge in [-0.25, -0.2) is 4.79 Å². The van der Waals surface area contributed by atoms with Crippen LogP contribution in [0.2, 0.25) is 0 Å². The maximum absolute atomic E-state index is 13.7. The van der Waals surface area contributed by atoms with Gasteiger partial charge in [-0.15, -0.1) is 0 Å². The minimum atomic E-state index is -1.37. The van der Waals surface area contributed by atoms with Crippen LogP contribution in [0.1, 0.15) is 219 Å². The number of amides is 1. The Labute approximate surface area is 422 Å². The Kier molecular flexibility index (Phi) is 30.1. The van der Waals surface area contributed by atoms with E-state index in [9.17, 15) is 28.8 Å². The van der Waals surface area contributed by atoms with Gasteiger partial charge in [0.1, 0.15) is 31.8 Å². The molecule has 0 spiro atoms. The Morgan fingerprint density at radius 1 is 0.457 bits per heavy atom. The molecular weight excluding hydrogens is 893 g/mol. The molecule has 0 unspecified atom stereocenters. The van der Waals surface area contributed by atoms with E-state index < -0.39 is 23.4 Å². The minimum Gasteiger partial charge on any atom is -0.466 e. The van der Waals surface area contributed by atoms with E-state index in [-0.39, 0.29) is 75.9 Å². The molecule has 14 nitrogen and oxygen atoms in total. The van der Waals surface area contributed by atoms with Crippen molar-refractivity contribution >= 4 is 35.9 Å². The number of esters is 5. The molecule has 1 amide bonds. The number of rotatable bonds is 41. The molecule has 4 saturated carbocycles. The van der Waals surface area contributed by atoms with E-state index in [1.165, 1.54) is 83.5 Å². The third-order valence-electron chi connectivity index (χ3n) is 15.4. The second-order valence-corrected chi connectivity index (χ2v) is 21.6. The fourth-order valence-electron chi connectivity index (χ4n) is 11.4. The molecule has 1 saturated heterocycles. The van der Waals surface area contributed by atoms with Gasteiger partial charge in [0.15, 0.2) is 0 Å². The molecule has 70 heavy (non-hydrogen) atoms. The minimum absolute atomic E-state index is 0.0969. The van der Waals surface area contributed by atoms with Crippen molar-refractivity contribution in [1.82, 2.24) is 10.2 Å². The van der Waals surface area contributed by atoms with Crippen molar-refractivity contribution in [1.29, 1.82) is 0 Å². The summed E-state index contributed by atoms with van der Waals surface area (Å²) in [4.78, 5) is 80.2. The predicted octanol–water partition coefficient (Wildman–Crippen LogP) is 11.4. The van der Waals surface area contributed by atoms with Crippen LogP contribution in [0.3, 0.4) is 0 Å². The van der Waals surface area contributed by atoms with Crippen LogP contribution in [0.25, 0.3) is 0 Å². The van der Waals surface area contributed by atoms with Crippen molar-refractivity contribution in [3.63, 3.8) is 0 Å². The third-order valence-corrected chi connectivity index (χ3v) is 15.4. The molecule has 0 atom stereocenters. The van der Waals surface area contributed by atoms with Gasteiger partial charge in [-0.3, -0.25) is 24.0 Å². The van der Waals surface area contributed by atoms with Gasteiger partial charge in [-0.05, 0) is 126 Å². The highest BCUT2D eigenvalue weighted by atomic mass is 16.6. The standard InChI is InChI=1S/C56H96N2O12/c1-3-5-7-9-11-13-23-33-65-50(59)25-17-15-19-27-52(61)67-41-56(44-70-55(64)57-29-32-58-30-21-22-31-58,43-69-54(63)40-49-47-36-45-35-46(38-47)39-48(49)37-45)42-68-53(62)28-20-16-18-26-51(60)66-34-24-14-12-10-8-6-4-2/h45-49H,3-44H2,1-2H3,(H,57,64). The summed E-state index contributed by atoms with van der Waals surface area (Å²) in [5, 5.41) is 2.81. The molecule has 14 heteroatoms. The van der Waals surface area contributed by atoms with E-state index in [0.717, 1.165) is 76.3 Å². The summed E-state index contributed by atoms with van der Waals surface area (Å²) in [5.74, 6) is 1.10.